The molecule has 1 atom stereocenters. The smallest absolute Gasteiger partial charge is 0.221 e. The molecule has 0 saturated carbocycles. The lowest BCUT2D eigenvalue weighted by Gasteiger charge is -2.06. The van der Waals surface area contributed by atoms with Gasteiger partial charge in [-0.1, -0.05) is 0 Å². The molecule has 0 aliphatic carbocycles. The molecule has 0 bridgehead atoms. The van der Waals surface area contributed by atoms with Gasteiger partial charge in [0.15, 0.2) is 0 Å². The standard InChI is InChI=1S/C15H15NO3S/c1-11(17)16-12-3-7-14(8-4-12)20(18)15-9-5-13(19-2)6-10-15/h3-10H,1-2H3,(H,16,17). The van der Waals surface area contributed by atoms with Gasteiger partial charge in [-0.05, 0) is 48.5 Å². The maximum Gasteiger partial charge on any atom is 0.221 e. The zero-order chi connectivity index (χ0) is 14.5. The minimum Gasteiger partial charge on any atom is -0.497 e. The highest BCUT2D eigenvalue weighted by atomic mass is 32.2. The molecule has 2 aromatic carbocycles. The predicted molar refractivity (Wildman–Crippen MR) is 78.4 cm³/mol. The zero-order valence-corrected chi connectivity index (χ0v) is 12.1. The second-order valence-corrected chi connectivity index (χ2v) is 5.63. The number of nitrogens with one attached hydrogen (secondary N) is 1. The second-order valence-electron chi connectivity index (χ2n) is 4.15. The van der Waals surface area contributed by atoms with Crippen LogP contribution in [-0.4, -0.2) is 17.2 Å². The summed E-state index contributed by atoms with van der Waals surface area (Å²) in [5.41, 5.74) is 0.688. The van der Waals surface area contributed by atoms with Crippen LogP contribution in [0, 0.1) is 0 Å². The molecule has 0 aromatic heterocycles. The number of anilines is 1. The SMILES string of the molecule is COc1ccc(S(=O)c2ccc(NC(C)=O)cc2)cc1. The van der Waals surface area contributed by atoms with E-state index in [1.165, 1.54) is 6.92 Å². The fourth-order valence-electron chi connectivity index (χ4n) is 1.70. The van der Waals surface area contributed by atoms with Crippen LogP contribution in [0.25, 0.3) is 0 Å². The van der Waals surface area contributed by atoms with Crippen LogP contribution in [0.3, 0.4) is 0 Å². The fraction of sp³-hybridized carbons (Fsp3) is 0.133. The van der Waals surface area contributed by atoms with Gasteiger partial charge in [0.05, 0.1) is 17.9 Å². The van der Waals surface area contributed by atoms with Crippen molar-refractivity contribution in [2.75, 3.05) is 12.4 Å². The number of hydrogen-bond donors (Lipinski definition) is 1. The molecule has 0 spiro atoms. The van der Waals surface area contributed by atoms with Crippen LogP contribution in [0.5, 0.6) is 5.75 Å². The van der Waals surface area contributed by atoms with Gasteiger partial charge in [0.25, 0.3) is 0 Å². The van der Waals surface area contributed by atoms with E-state index in [-0.39, 0.29) is 5.91 Å². The van der Waals surface area contributed by atoms with Crippen molar-refractivity contribution in [2.45, 2.75) is 16.7 Å². The van der Waals surface area contributed by atoms with Crippen molar-refractivity contribution in [3.63, 3.8) is 0 Å². The Hall–Kier alpha value is -2.14. The zero-order valence-electron chi connectivity index (χ0n) is 11.3. The third-order valence-electron chi connectivity index (χ3n) is 2.66. The Labute approximate surface area is 120 Å². The van der Waals surface area contributed by atoms with Crippen LogP contribution in [-0.2, 0) is 15.6 Å². The molecular weight excluding hydrogens is 274 g/mol. The number of hydrogen-bond acceptors (Lipinski definition) is 3. The van der Waals surface area contributed by atoms with Gasteiger partial charge >= 0.3 is 0 Å². The van der Waals surface area contributed by atoms with Gasteiger partial charge in [-0.25, -0.2) is 4.21 Å². The number of methoxy groups -OCH3 is 1. The van der Waals surface area contributed by atoms with Crippen molar-refractivity contribution in [1.82, 2.24) is 0 Å². The van der Waals surface area contributed by atoms with Gasteiger partial charge in [-0.15, -0.1) is 0 Å². The van der Waals surface area contributed by atoms with E-state index in [4.69, 9.17) is 4.74 Å². The van der Waals surface area contributed by atoms with E-state index in [1.54, 1.807) is 55.6 Å². The molecule has 5 heteroatoms. The van der Waals surface area contributed by atoms with E-state index in [2.05, 4.69) is 5.32 Å². The quantitative estimate of drug-likeness (QED) is 0.941. The van der Waals surface area contributed by atoms with Crippen molar-refractivity contribution < 1.29 is 13.7 Å². The van der Waals surface area contributed by atoms with Crippen molar-refractivity contribution in [2.24, 2.45) is 0 Å². The van der Waals surface area contributed by atoms with Gasteiger partial charge in [0, 0.05) is 22.4 Å². The minimum absolute atomic E-state index is 0.131. The van der Waals surface area contributed by atoms with Gasteiger partial charge in [-0.3, -0.25) is 4.79 Å². The molecule has 0 radical (unpaired) electrons. The Morgan fingerprint density at radius 1 is 1.00 bits per heavy atom. The first-order valence-corrected chi connectivity index (χ1v) is 7.18. The number of benzene rings is 2. The molecule has 1 N–H and O–H groups in total. The van der Waals surface area contributed by atoms with Crippen LogP contribution in [0.15, 0.2) is 58.3 Å². The number of rotatable bonds is 4. The maximum absolute atomic E-state index is 12.4. The third kappa shape index (κ3) is 3.45. The van der Waals surface area contributed by atoms with Crippen LogP contribution in [0.2, 0.25) is 0 Å². The van der Waals surface area contributed by atoms with Crippen molar-refractivity contribution in [3.05, 3.63) is 48.5 Å². The molecule has 0 aliphatic heterocycles. The Bertz CT molecular complexity index is 621. The number of ether oxygens (including phenoxy) is 1. The van der Waals surface area contributed by atoms with E-state index in [9.17, 15) is 9.00 Å². The number of carbonyl (C=O) groups excluding carboxylic acids is 1. The molecule has 0 fully saturated rings. The summed E-state index contributed by atoms with van der Waals surface area (Å²) >= 11 is 0. The minimum atomic E-state index is -1.25. The Morgan fingerprint density at radius 2 is 1.50 bits per heavy atom. The highest BCUT2D eigenvalue weighted by Crippen LogP contribution is 2.20. The highest BCUT2D eigenvalue weighted by molar-refractivity contribution is 7.85. The molecule has 2 rings (SSSR count). The van der Waals surface area contributed by atoms with Gasteiger partial charge in [0.1, 0.15) is 5.75 Å². The fourth-order valence-corrected chi connectivity index (χ4v) is 2.74. The lowest BCUT2D eigenvalue weighted by molar-refractivity contribution is -0.114. The number of carbonyl (C=O) groups is 1. The van der Waals surface area contributed by atoms with Gasteiger partial charge < -0.3 is 10.1 Å². The normalized spacial score (nSPS) is 11.7. The summed E-state index contributed by atoms with van der Waals surface area (Å²) < 4.78 is 17.4. The summed E-state index contributed by atoms with van der Waals surface area (Å²) in [6.45, 7) is 1.45. The van der Waals surface area contributed by atoms with Crippen LogP contribution in [0.1, 0.15) is 6.92 Å². The molecule has 4 nitrogen and oxygen atoms in total. The highest BCUT2D eigenvalue weighted by Gasteiger charge is 2.07. The predicted octanol–water partition coefficient (Wildman–Crippen LogP) is 2.82. The Kier molecular flexibility index (Phi) is 4.53. The van der Waals surface area contributed by atoms with Crippen molar-refractivity contribution in [3.8, 4) is 5.75 Å². The Morgan fingerprint density at radius 3 is 1.95 bits per heavy atom. The maximum atomic E-state index is 12.4. The first-order valence-electron chi connectivity index (χ1n) is 6.03. The van der Waals surface area contributed by atoms with Crippen LogP contribution < -0.4 is 10.1 Å². The average Bonchev–Trinajstić information content (AvgIpc) is 2.47. The van der Waals surface area contributed by atoms with E-state index in [0.717, 1.165) is 5.75 Å². The Balaban J connectivity index is 2.17. The molecule has 1 amide bonds. The summed E-state index contributed by atoms with van der Waals surface area (Å²) in [6.07, 6.45) is 0. The summed E-state index contributed by atoms with van der Waals surface area (Å²) in [5, 5.41) is 2.67. The lowest BCUT2D eigenvalue weighted by Crippen LogP contribution is -2.05. The first-order chi connectivity index (χ1) is 9.60. The van der Waals surface area contributed by atoms with E-state index >= 15 is 0 Å². The monoisotopic (exact) mass is 289 g/mol. The first kappa shape index (κ1) is 14.3. The van der Waals surface area contributed by atoms with Gasteiger partial charge in [-0.2, -0.15) is 0 Å². The third-order valence-corrected chi connectivity index (χ3v) is 4.06. The molecule has 0 heterocycles. The van der Waals surface area contributed by atoms with Crippen molar-refractivity contribution in [1.29, 1.82) is 0 Å². The van der Waals surface area contributed by atoms with E-state index in [0.29, 0.717) is 15.5 Å². The average molecular weight is 289 g/mol. The van der Waals surface area contributed by atoms with Crippen molar-refractivity contribution >= 4 is 22.4 Å². The van der Waals surface area contributed by atoms with Crippen LogP contribution >= 0.6 is 0 Å². The second kappa shape index (κ2) is 6.34. The largest absolute Gasteiger partial charge is 0.497 e. The van der Waals surface area contributed by atoms with E-state index in [1.807, 2.05) is 0 Å². The molecule has 20 heavy (non-hydrogen) atoms. The summed E-state index contributed by atoms with van der Waals surface area (Å²) in [5.74, 6) is 0.598. The molecule has 0 aliphatic rings. The summed E-state index contributed by atoms with van der Waals surface area (Å²) in [7, 11) is 0.344. The van der Waals surface area contributed by atoms with E-state index < -0.39 is 10.8 Å². The summed E-state index contributed by atoms with van der Waals surface area (Å²) in [4.78, 5) is 12.3. The lowest BCUT2D eigenvalue weighted by atomic mass is 10.3. The molecular formula is C15H15NO3S. The number of amides is 1. The van der Waals surface area contributed by atoms with Gasteiger partial charge in [0.2, 0.25) is 5.91 Å². The molecule has 1 unspecified atom stereocenters. The molecule has 0 saturated heterocycles. The topological polar surface area (TPSA) is 55.4 Å². The van der Waals surface area contributed by atoms with Crippen LogP contribution in [0.4, 0.5) is 5.69 Å². The summed E-state index contributed by atoms with van der Waals surface area (Å²) in [6, 6.07) is 14.1. The molecule has 2 aromatic rings. The molecule has 104 valence electrons.